The van der Waals surface area contributed by atoms with Gasteiger partial charge in [0.25, 0.3) is 0 Å². The normalized spacial score (nSPS) is 9.79. The minimum Gasteiger partial charge on any atom is -0.493 e. The number of unbranched alkanes of at least 4 members (excludes halogenated alkanes) is 2. The zero-order valence-corrected chi connectivity index (χ0v) is 11.4. The van der Waals surface area contributed by atoms with Crippen molar-refractivity contribution >= 4 is 0 Å². The molecule has 0 aliphatic heterocycles. The number of nitriles is 1. The average molecular weight is 264 g/mol. The molecule has 1 rings (SSSR count). The molecule has 104 valence electrons. The molecule has 0 bridgehead atoms. The largest absolute Gasteiger partial charge is 0.493 e. The van der Waals surface area contributed by atoms with Gasteiger partial charge in [-0.05, 0) is 30.5 Å². The minimum atomic E-state index is 0.412. The van der Waals surface area contributed by atoms with Gasteiger partial charge in [-0.1, -0.05) is 0 Å². The fourth-order valence-corrected chi connectivity index (χ4v) is 1.67. The van der Waals surface area contributed by atoms with E-state index in [9.17, 15) is 0 Å². The Bertz CT molecular complexity index is 416. The van der Waals surface area contributed by atoms with Gasteiger partial charge in [-0.15, -0.1) is 0 Å². The van der Waals surface area contributed by atoms with Gasteiger partial charge >= 0.3 is 0 Å². The van der Waals surface area contributed by atoms with Crippen molar-refractivity contribution in [1.29, 1.82) is 5.26 Å². The van der Waals surface area contributed by atoms with Crippen molar-refractivity contribution in [3.63, 3.8) is 0 Å². The Labute approximate surface area is 113 Å². The number of hydrogen-bond donors (Lipinski definition) is 1. The smallest absolute Gasteiger partial charge is 0.203 e. The topological polar surface area (TPSA) is 77.5 Å². The molecule has 0 aliphatic carbocycles. The van der Waals surface area contributed by atoms with Crippen molar-refractivity contribution in [2.24, 2.45) is 5.73 Å². The molecule has 5 nitrogen and oxygen atoms in total. The van der Waals surface area contributed by atoms with E-state index >= 15 is 0 Å². The van der Waals surface area contributed by atoms with Gasteiger partial charge in [0.1, 0.15) is 0 Å². The van der Waals surface area contributed by atoms with Crippen LogP contribution in [0.3, 0.4) is 0 Å². The highest BCUT2D eigenvalue weighted by atomic mass is 16.5. The van der Waals surface area contributed by atoms with Crippen molar-refractivity contribution in [2.45, 2.75) is 25.8 Å². The van der Waals surface area contributed by atoms with Crippen molar-refractivity contribution in [3.8, 4) is 23.3 Å². The lowest BCUT2D eigenvalue weighted by atomic mass is 10.2. The molecule has 1 aromatic carbocycles. The molecule has 0 aliphatic rings. The third-order valence-electron chi connectivity index (χ3n) is 2.69. The minimum absolute atomic E-state index is 0.412. The molecule has 0 radical (unpaired) electrons. The number of hydrogen-bond acceptors (Lipinski definition) is 5. The maximum absolute atomic E-state index is 8.46. The molecule has 0 amide bonds. The lowest BCUT2D eigenvalue weighted by Crippen LogP contribution is -2.04. The van der Waals surface area contributed by atoms with E-state index in [0.717, 1.165) is 18.4 Å². The van der Waals surface area contributed by atoms with E-state index in [1.54, 1.807) is 14.2 Å². The van der Waals surface area contributed by atoms with E-state index in [4.69, 9.17) is 25.2 Å². The van der Waals surface area contributed by atoms with Crippen LogP contribution in [0.15, 0.2) is 12.1 Å². The van der Waals surface area contributed by atoms with Crippen LogP contribution in [0.1, 0.15) is 24.8 Å². The molecular weight excluding hydrogens is 244 g/mol. The van der Waals surface area contributed by atoms with Crippen LogP contribution in [-0.4, -0.2) is 20.8 Å². The lowest BCUT2D eigenvalue weighted by Gasteiger charge is -2.15. The van der Waals surface area contributed by atoms with Gasteiger partial charge in [-0.25, -0.2) is 0 Å². The molecular formula is C14H20N2O3. The van der Waals surface area contributed by atoms with E-state index in [2.05, 4.69) is 6.07 Å². The molecule has 1 aromatic rings. The summed E-state index contributed by atoms with van der Waals surface area (Å²) in [6.45, 7) is 0.936. The molecule has 0 fully saturated rings. The Hall–Kier alpha value is -1.93. The van der Waals surface area contributed by atoms with E-state index in [0.29, 0.717) is 36.8 Å². The second-order valence-corrected chi connectivity index (χ2v) is 4.00. The van der Waals surface area contributed by atoms with Crippen LogP contribution in [0.25, 0.3) is 0 Å². The number of rotatable bonds is 8. The number of nitrogens with two attached hydrogens (primary N) is 1. The molecule has 0 heterocycles. The van der Waals surface area contributed by atoms with Crippen molar-refractivity contribution in [2.75, 3.05) is 20.8 Å². The van der Waals surface area contributed by atoms with Crippen LogP contribution >= 0.6 is 0 Å². The van der Waals surface area contributed by atoms with E-state index in [1.165, 1.54) is 0 Å². The molecule has 19 heavy (non-hydrogen) atoms. The van der Waals surface area contributed by atoms with Crippen molar-refractivity contribution in [1.82, 2.24) is 0 Å². The van der Waals surface area contributed by atoms with Gasteiger partial charge in [0.15, 0.2) is 11.5 Å². The average Bonchev–Trinajstić information content (AvgIpc) is 2.46. The summed E-state index contributed by atoms with van der Waals surface area (Å²) in [5.41, 5.74) is 6.54. The fourth-order valence-electron chi connectivity index (χ4n) is 1.67. The Morgan fingerprint density at radius 1 is 1.16 bits per heavy atom. The summed E-state index contributed by atoms with van der Waals surface area (Å²) in [6.07, 6.45) is 2.18. The molecule has 0 saturated heterocycles. The monoisotopic (exact) mass is 264 g/mol. The third-order valence-corrected chi connectivity index (χ3v) is 2.69. The number of nitrogens with zero attached hydrogens (tertiary/aromatic N) is 1. The summed E-state index contributed by atoms with van der Waals surface area (Å²) in [5, 5.41) is 8.46. The molecule has 0 unspecified atom stereocenters. The number of ether oxygens (including phenoxy) is 3. The van der Waals surface area contributed by atoms with Crippen LogP contribution in [0.5, 0.6) is 17.2 Å². The predicted octanol–water partition coefficient (Wildman–Crippen LogP) is 2.24. The van der Waals surface area contributed by atoms with Gasteiger partial charge in [0.2, 0.25) is 5.75 Å². The first-order chi connectivity index (χ1) is 9.26. The fraction of sp³-hybridized carbons (Fsp3) is 0.500. The highest BCUT2D eigenvalue weighted by Crippen LogP contribution is 2.38. The highest BCUT2D eigenvalue weighted by molar-refractivity contribution is 5.53. The van der Waals surface area contributed by atoms with Gasteiger partial charge in [-0.3, -0.25) is 0 Å². The first-order valence-corrected chi connectivity index (χ1v) is 6.21. The molecule has 5 heteroatoms. The van der Waals surface area contributed by atoms with Gasteiger partial charge in [0, 0.05) is 13.0 Å². The molecule has 0 aromatic heterocycles. The predicted molar refractivity (Wildman–Crippen MR) is 72.4 cm³/mol. The third kappa shape index (κ3) is 4.34. The quantitative estimate of drug-likeness (QED) is 0.728. The summed E-state index contributed by atoms with van der Waals surface area (Å²) in [7, 11) is 3.16. The van der Waals surface area contributed by atoms with Crippen LogP contribution in [-0.2, 0) is 6.54 Å². The standard InChI is InChI=1S/C14H20N2O3/c1-17-12-8-11(10-16)9-13(18-2)14(12)19-7-5-3-4-6-15/h8-9H,3-5,7,10,16H2,1-2H3. The lowest BCUT2D eigenvalue weighted by molar-refractivity contribution is 0.268. The zero-order chi connectivity index (χ0) is 14.1. The van der Waals surface area contributed by atoms with Crippen LogP contribution in [0.4, 0.5) is 0 Å². The Balaban J connectivity index is 2.77. The first-order valence-electron chi connectivity index (χ1n) is 6.21. The summed E-state index contributed by atoms with van der Waals surface area (Å²) in [6, 6.07) is 5.79. The Morgan fingerprint density at radius 3 is 2.26 bits per heavy atom. The summed E-state index contributed by atoms with van der Waals surface area (Å²) in [4.78, 5) is 0. The first kappa shape index (κ1) is 15.1. The van der Waals surface area contributed by atoms with Crippen molar-refractivity contribution in [3.05, 3.63) is 17.7 Å². The van der Waals surface area contributed by atoms with Gasteiger partial charge < -0.3 is 19.9 Å². The second kappa shape index (κ2) is 8.22. The SMILES string of the molecule is COc1cc(CN)cc(OC)c1OCCCCC#N. The molecule has 2 N–H and O–H groups in total. The van der Waals surface area contributed by atoms with Gasteiger partial charge in [0.05, 0.1) is 26.9 Å². The Morgan fingerprint density at radius 2 is 1.79 bits per heavy atom. The molecule has 0 atom stereocenters. The summed E-state index contributed by atoms with van der Waals surface area (Å²) >= 11 is 0. The van der Waals surface area contributed by atoms with E-state index in [1.807, 2.05) is 12.1 Å². The highest BCUT2D eigenvalue weighted by Gasteiger charge is 2.13. The molecule has 0 saturated carbocycles. The van der Waals surface area contributed by atoms with Crippen LogP contribution in [0.2, 0.25) is 0 Å². The maximum Gasteiger partial charge on any atom is 0.203 e. The molecule has 0 spiro atoms. The summed E-state index contributed by atoms with van der Waals surface area (Å²) in [5.74, 6) is 1.80. The van der Waals surface area contributed by atoms with Crippen LogP contribution in [0, 0.1) is 11.3 Å². The van der Waals surface area contributed by atoms with Crippen LogP contribution < -0.4 is 19.9 Å². The summed E-state index contributed by atoms with van der Waals surface area (Å²) < 4.78 is 16.3. The Kier molecular flexibility index (Phi) is 6.55. The number of benzene rings is 1. The maximum atomic E-state index is 8.46. The number of methoxy groups -OCH3 is 2. The van der Waals surface area contributed by atoms with E-state index < -0.39 is 0 Å². The zero-order valence-electron chi connectivity index (χ0n) is 11.4. The van der Waals surface area contributed by atoms with Crippen molar-refractivity contribution < 1.29 is 14.2 Å². The second-order valence-electron chi connectivity index (χ2n) is 4.00. The van der Waals surface area contributed by atoms with E-state index in [-0.39, 0.29) is 0 Å². The van der Waals surface area contributed by atoms with Gasteiger partial charge in [-0.2, -0.15) is 5.26 Å².